The van der Waals surface area contributed by atoms with Gasteiger partial charge in [0.2, 0.25) is 6.79 Å². The highest BCUT2D eigenvalue weighted by atomic mass is 16.7. The first kappa shape index (κ1) is 14.6. The molecule has 122 valence electrons. The van der Waals surface area contributed by atoms with Crippen LogP contribution in [0.5, 0.6) is 17.2 Å². The molecule has 1 aliphatic heterocycles. The molecule has 2 aromatic carbocycles. The zero-order valence-electron chi connectivity index (χ0n) is 13.6. The summed E-state index contributed by atoms with van der Waals surface area (Å²) < 4.78 is 16.1. The summed E-state index contributed by atoms with van der Waals surface area (Å²) in [5.41, 5.74) is 4.09. The van der Waals surface area contributed by atoms with E-state index in [-0.39, 0.29) is 0 Å². The van der Waals surface area contributed by atoms with Crippen molar-refractivity contribution in [1.29, 1.82) is 0 Å². The summed E-state index contributed by atoms with van der Waals surface area (Å²) in [7, 11) is 1.67. The fraction of sp³-hybridized carbons (Fsp3) is 0.211. The topological polar surface area (TPSA) is 52.6 Å². The maximum atomic E-state index is 5.43. The fourth-order valence-corrected chi connectivity index (χ4v) is 2.86. The standard InChI is InChI=1S/C19H18N2O3/c1-12-7-17(15-9-14(22-2)4-5-16(15)21-12)20-10-13-3-6-18-19(8-13)24-11-23-18/h3-9H,10-11H2,1-2H3,(H,20,21). The summed E-state index contributed by atoms with van der Waals surface area (Å²) in [6.07, 6.45) is 0. The van der Waals surface area contributed by atoms with Crippen LogP contribution in [0, 0.1) is 6.92 Å². The molecule has 1 aliphatic rings. The summed E-state index contributed by atoms with van der Waals surface area (Å²) in [4.78, 5) is 4.58. The van der Waals surface area contributed by atoms with E-state index in [1.165, 1.54) is 0 Å². The minimum Gasteiger partial charge on any atom is -0.497 e. The van der Waals surface area contributed by atoms with E-state index in [1.807, 2.05) is 43.3 Å². The van der Waals surface area contributed by atoms with Crippen LogP contribution in [0.1, 0.15) is 11.3 Å². The van der Waals surface area contributed by atoms with Gasteiger partial charge in [0.15, 0.2) is 11.5 Å². The van der Waals surface area contributed by atoms with E-state index in [0.717, 1.165) is 45.1 Å². The molecule has 0 saturated carbocycles. The highest BCUT2D eigenvalue weighted by Crippen LogP contribution is 2.33. The minimum absolute atomic E-state index is 0.292. The van der Waals surface area contributed by atoms with E-state index in [1.54, 1.807) is 7.11 Å². The van der Waals surface area contributed by atoms with Gasteiger partial charge in [-0.2, -0.15) is 0 Å². The van der Waals surface area contributed by atoms with Gasteiger partial charge >= 0.3 is 0 Å². The Morgan fingerprint density at radius 3 is 2.83 bits per heavy atom. The number of aromatic nitrogens is 1. The van der Waals surface area contributed by atoms with Gasteiger partial charge in [-0.3, -0.25) is 4.98 Å². The zero-order valence-corrected chi connectivity index (χ0v) is 13.6. The molecule has 0 atom stereocenters. The second-order valence-electron chi connectivity index (χ2n) is 5.74. The fourth-order valence-electron chi connectivity index (χ4n) is 2.86. The molecule has 1 N–H and O–H groups in total. The Morgan fingerprint density at radius 1 is 1.08 bits per heavy atom. The van der Waals surface area contributed by atoms with Gasteiger partial charge in [0.05, 0.1) is 12.6 Å². The quantitative estimate of drug-likeness (QED) is 0.789. The first-order chi connectivity index (χ1) is 11.7. The number of hydrogen-bond donors (Lipinski definition) is 1. The molecule has 1 aromatic heterocycles. The number of anilines is 1. The normalized spacial score (nSPS) is 12.4. The molecule has 0 fully saturated rings. The van der Waals surface area contributed by atoms with Gasteiger partial charge < -0.3 is 19.5 Å². The maximum Gasteiger partial charge on any atom is 0.231 e. The summed E-state index contributed by atoms with van der Waals surface area (Å²) in [5, 5.41) is 4.54. The number of rotatable bonds is 4. The van der Waals surface area contributed by atoms with Crippen LogP contribution in [0.25, 0.3) is 10.9 Å². The first-order valence-corrected chi connectivity index (χ1v) is 7.81. The average Bonchev–Trinajstić information content (AvgIpc) is 3.07. The summed E-state index contributed by atoms with van der Waals surface area (Å²) in [6.45, 7) is 2.97. The molecule has 0 amide bonds. The van der Waals surface area contributed by atoms with Crippen molar-refractivity contribution in [1.82, 2.24) is 4.98 Å². The van der Waals surface area contributed by atoms with Gasteiger partial charge in [0, 0.05) is 23.3 Å². The molecule has 5 heteroatoms. The lowest BCUT2D eigenvalue weighted by Gasteiger charge is -2.12. The molecular formula is C19H18N2O3. The Labute approximate surface area is 140 Å². The number of methoxy groups -OCH3 is 1. The Hall–Kier alpha value is -2.95. The number of benzene rings is 2. The minimum atomic E-state index is 0.292. The highest BCUT2D eigenvalue weighted by Gasteiger charge is 2.13. The second-order valence-corrected chi connectivity index (χ2v) is 5.74. The molecule has 0 aliphatic carbocycles. The molecule has 4 rings (SSSR count). The predicted octanol–water partition coefficient (Wildman–Crippen LogP) is 3.89. The molecule has 5 nitrogen and oxygen atoms in total. The number of nitrogens with zero attached hydrogens (tertiary/aromatic N) is 1. The number of nitrogens with one attached hydrogen (secondary N) is 1. The average molecular weight is 322 g/mol. The van der Waals surface area contributed by atoms with Gasteiger partial charge in [0.25, 0.3) is 0 Å². The molecular weight excluding hydrogens is 304 g/mol. The van der Waals surface area contributed by atoms with Crippen molar-refractivity contribution in [2.24, 2.45) is 0 Å². The monoisotopic (exact) mass is 322 g/mol. The Morgan fingerprint density at radius 2 is 1.96 bits per heavy atom. The molecule has 0 saturated heterocycles. The van der Waals surface area contributed by atoms with Crippen LogP contribution < -0.4 is 19.5 Å². The van der Waals surface area contributed by atoms with Crippen LogP contribution in [0.2, 0.25) is 0 Å². The molecule has 24 heavy (non-hydrogen) atoms. The highest BCUT2D eigenvalue weighted by molar-refractivity contribution is 5.92. The molecule has 3 aromatic rings. The number of fused-ring (bicyclic) bond motifs is 2. The van der Waals surface area contributed by atoms with Crippen LogP contribution in [0.4, 0.5) is 5.69 Å². The van der Waals surface area contributed by atoms with Gasteiger partial charge in [-0.1, -0.05) is 6.07 Å². The van der Waals surface area contributed by atoms with E-state index in [4.69, 9.17) is 14.2 Å². The van der Waals surface area contributed by atoms with Crippen LogP contribution in [-0.4, -0.2) is 18.9 Å². The van der Waals surface area contributed by atoms with Crippen LogP contribution in [-0.2, 0) is 6.54 Å². The van der Waals surface area contributed by atoms with Crippen molar-refractivity contribution in [2.45, 2.75) is 13.5 Å². The van der Waals surface area contributed by atoms with Crippen LogP contribution in [0.15, 0.2) is 42.5 Å². The zero-order chi connectivity index (χ0) is 16.5. The molecule has 0 unspecified atom stereocenters. The lowest BCUT2D eigenvalue weighted by molar-refractivity contribution is 0.174. The van der Waals surface area contributed by atoms with E-state index >= 15 is 0 Å². The number of pyridine rings is 1. The van der Waals surface area contributed by atoms with Crippen molar-refractivity contribution in [3.8, 4) is 17.2 Å². The number of hydrogen-bond acceptors (Lipinski definition) is 5. The van der Waals surface area contributed by atoms with Crippen LogP contribution >= 0.6 is 0 Å². The largest absolute Gasteiger partial charge is 0.497 e. The summed E-state index contributed by atoms with van der Waals surface area (Å²) >= 11 is 0. The van der Waals surface area contributed by atoms with Crippen molar-refractivity contribution in [3.05, 3.63) is 53.7 Å². The van der Waals surface area contributed by atoms with E-state index < -0.39 is 0 Å². The molecule has 2 heterocycles. The summed E-state index contributed by atoms with van der Waals surface area (Å²) in [5.74, 6) is 2.42. The third kappa shape index (κ3) is 2.69. The van der Waals surface area contributed by atoms with Crippen molar-refractivity contribution in [3.63, 3.8) is 0 Å². The Kier molecular flexibility index (Phi) is 3.61. The lowest BCUT2D eigenvalue weighted by atomic mass is 10.1. The van der Waals surface area contributed by atoms with Gasteiger partial charge in [-0.05, 0) is 48.9 Å². The first-order valence-electron chi connectivity index (χ1n) is 7.81. The van der Waals surface area contributed by atoms with Gasteiger partial charge in [-0.15, -0.1) is 0 Å². The second kappa shape index (κ2) is 5.92. The van der Waals surface area contributed by atoms with Gasteiger partial charge in [0.1, 0.15) is 5.75 Å². The third-order valence-corrected chi connectivity index (χ3v) is 4.06. The third-order valence-electron chi connectivity index (χ3n) is 4.06. The van der Waals surface area contributed by atoms with Crippen molar-refractivity contribution < 1.29 is 14.2 Å². The van der Waals surface area contributed by atoms with Gasteiger partial charge in [-0.25, -0.2) is 0 Å². The van der Waals surface area contributed by atoms with Crippen LogP contribution in [0.3, 0.4) is 0 Å². The Bertz CT molecular complexity index is 908. The van der Waals surface area contributed by atoms with E-state index in [0.29, 0.717) is 13.3 Å². The lowest BCUT2D eigenvalue weighted by Crippen LogP contribution is -2.01. The Balaban J connectivity index is 1.64. The van der Waals surface area contributed by atoms with Crippen molar-refractivity contribution in [2.75, 3.05) is 19.2 Å². The number of aryl methyl sites for hydroxylation is 1. The SMILES string of the molecule is COc1ccc2nc(C)cc(NCc3ccc4c(c3)OCO4)c2c1. The smallest absolute Gasteiger partial charge is 0.231 e. The molecule has 0 bridgehead atoms. The number of ether oxygens (including phenoxy) is 3. The van der Waals surface area contributed by atoms with E-state index in [9.17, 15) is 0 Å². The van der Waals surface area contributed by atoms with E-state index in [2.05, 4.69) is 16.4 Å². The van der Waals surface area contributed by atoms with Crippen molar-refractivity contribution >= 4 is 16.6 Å². The molecule has 0 spiro atoms. The predicted molar refractivity (Wildman–Crippen MR) is 92.9 cm³/mol. The maximum absolute atomic E-state index is 5.43. The molecule has 0 radical (unpaired) electrons. The summed E-state index contributed by atoms with van der Waals surface area (Å²) in [6, 6.07) is 13.9.